The zero-order valence-electron chi connectivity index (χ0n) is 15.4. The van der Waals surface area contributed by atoms with Crippen LogP contribution in [0.2, 0.25) is 0 Å². The second-order valence-electron chi connectivity index (χ2n) is 5.64. The Morgan fingerprint density at radius 2 is 2.08 bits per heavy atom. The molecule has 0 atom stereocenters. The van der Waals surface area contributed by atoms with Crippen LogP contribution in [-0.2, 0) is 13.1 Å². The molecule has 2 rings (SSSR count). The normalized spacial score (nSPS) is 11.4. The molecule has 25 heavy (non-hydrogen) atoms. The van der Waals surface area contributed by atoms with E-state index in [1.807, 2.05) is 32.2 Å². The van der Waals surface area contributed by atoms with E-state index in [9.17, 15) is 0 Å². The van der Waals surface area contributed by atoms with Gasteiger partial charge in [-0.15, -0.1) is 11.3 Å². The highest BCUT2D eigenvalue weighted by molar-refractivity contribution is 7.11. The molecule has 0 aliphatic heterocycles. The number of nitrogens with zero attached hydrogens (tertiary/aromatic N) is 3. The summed E-state index contributed by atoms with van der Waals surface area (Å²) < 4.78 is 5.50. The molecule has 6 nitrogen and oxygen atoms in total. The molecule has 7 heteroatoms. The van der Waals surface area contributed by atoms with Crippen LogP contribution in [0.5, 0.6) is 5.88 Å². The summed E-state index contributed by atoms with van der Waals surface area (Å²) in [5.41, 5.74) is 2.13. The van der Waals surface area contributed by atoms with Crippen LogP contribution in [0.15, 0.2) is 23.3 Å². The predicted molar refractivity (Wildman–Crippen MR) is 103 cm³/mol. The zero-order valence-corrected chi connectivity index (χ0v) is 16.2. The number of hydrogen-bond donors (Lipinski definition) is 2. The van der Waals surface area contributed by atoms with Crippen LogP contribution < -0.4 is 15.4 Å². The third kappa shape index (κ3) is 6.34. The lowest BCUT2D eigenvalue weighted by atomic mass is 10.3. The Morgan fingerprint density at radius 1 is 1.24 bits per heavy atom. The number of nitrogens with one attached hydrogen (secondary N) is 2. The van der Waals surface area contributed by atoms with Gasteiger partial charge in [0.2, 0.25) is 5.88 Å². The van der Waals surface area contributed by atoms with Crippen molar-refractivity contribution in [2.45, 2.75) is 47.2 Å². The van der Waals surface area contributed by atoms with Gasteiger partial charge < -0.3 is 15.4 Å². The van der Waals surface area contributed by atoms with Gasteiger partial charge in [0.15, 0.2) is 5.96 Å². The van der Waals surface area contributed by atoms with Gasteiger partial charge in [0.05, 0.1) is 30.4 Å². The number of pyridine rings is 1. The maximum atomic E-state index is 5.50. The zero-order chi connectivity index (χ0) is 18.1. The van der Waals surface area contributed by atoms with Crippen molar-refractivity contribution >= 4 is 17.3 Å². The first-order valence-corrected chi connectivity index (χ1v) is 9.46. The van der Waals surface area contributed by atoms with Gasteiger partial charge in [0.1, 0.15) is 0 Å². The van der Waals surface area contributed by atoms with Gasteiger partial charge in [-0.2, -0.15) is 0 Å². The van der Waals surface area contributed by atoms with Gasteiger partial charge in [0, 0.05) is 23.7 Å². The first-order valence-electron chi connectivity index (χ1n) is 8.65. The maximum Gasteiger partial charge on any atom is 0.213 e. The molecule has 0 amide bonds. The number of rotatable bonds is 8. The van der Waals surface area contributed by atoms with Crippen LogP contribution in [0.4, 0.5) is 0 Å². The SMILES string of the molecule is CCCOc1ccc(CN=C(NCC)NCc2sc(C)nc2C)cn1. The highest BCUT2D eigenvalue weighted by Gasteiger charge is 2.06. The highest BCUT2D eigenvalue weighted by atomic mass is 32.1. The summed E-state index contributed by atoms with van der Waals surface area (Å²) in [6.45, 7) is 11.0. The average molecular weight is 362 g/mol. The number of hydrogen-bond acceptors (Lipinski definition) is 5. The molecule has 2 heterocycles. The third-order valence-electron chi connectivity index (χ3n) is 3.43. The van der Waals surface area contributed by atoms with Crippen LogP contribution in [0.25, 0.3) is 0 Å². The lowest BCUT2D eigenvalue weighted by Crippen LogP contribution is -2.36. The predicted octanol–water partition coefficient (Wildman–Crippen LogP) is 3.20. The molecule has 0 radical (unpaired) electrons. The van der Waals surface area contributed by atoms with Crippen LogP contribution in [0.1, 0.15) is 41.4 Å². The number of aromatic nitrogens is 2. The first-order chi connectivity index (χ1) is 12.1. The van der Waals surface area contributed by atoms with E-state index in [1.54, 1.807) is 11.3 Å². The summed E-state index contributed by atoms with van der Waals surface area (Å²) in [6, 6.07) is 3.89. The van der Waals surface area contributed by atoms with Gasteiger partial charge in [-0.05, 0) is 32.8 Å². The summed E-state index contributed by atoms with van der Waals surface area (Å²) >= 11 is 1.72. The molecule has 136 valence electrons. The van der Waals surface area contributed by atoms with E-state index >= 15 is 0 Å². The lowest BCUT2D eigenvalue weighted by molar-refractivity contribution is 0.305. The van der Waals surface area contributed by atoms with Crippen LogP contribution in [0.3, 0.4) is 0 Å². The molecule has 2 aromatic heterocycles. The minimum Gasteiger partial charge on any atom is -0.478 e. The largest absolute Gasteiger partial charge is 0.478 e. The first kappa shape index (κ1) is 19.2. The molecular weight excluding hydrogens is 334 g/mol. The van der Waals surface area contributed by atoms with Gasteiger partial charge in [-0.25, -0.2) is 15.0 Å². The van der Waals surface area contributed by atoms with Crippen LogP contribution in [0, 0.1) is 13.8 Å². The Labute approximate surface area is 153 Å². The number of thiazole rings is 1. The van der Waals surface area contributed by atoms with Crippen LogP contribution in [-0.4, -0.2) is 29.1 Å². The molecule has 0 aromatic carbocycles. The van der Waals surface area contributed by atoms with E-state index < -0.39 is 0 Å². The molecule has 0 fully saturated rings. The standard InChI is InChI=1S/C18H27N5OS/c1-5-9-24-17-8-7-15(10-20-17)11-21-18(19-6-2)22-12-16-13(3)23-14(4)25-16/h7-8,10H,5-6,9,11-12H2,1-4H3,(H2,19,21,22). The van der Waals surface area contributed by atoms with Crippen molar-refractivity contribution in [1.82, 2.24) is 20.6 Å². The van der Waals surface area contributed by atoms with E-state index in [0.717, 1.165) is 41.7 Å². The number of aryl methyl sites for hydroxylation is 2. The smallest absolute Gasteiger partial charge is 0.213 e. The quantitative estimate of drug-likeness (QED) is 0.558. The Hall–Kier alpha value is -2.15. The Kier molecular flexibility index (Phi) is 7.66. The van der Waals surface area contributed by atoms with Crippen LogP contribution >= 0.6 is 11.3 Å². The van der Waals surface area contributed by atoms with Crippen molar-refractivity contribution in [2.75, 3.05) is 13.2 Å². The topological polar surface area (TPSA) is 71.4 Å². The van der Waals surface area contributed by atoms with Gasteiger partial charge in [-0.3, -0.25) is 0 Å². The summed E-state index contributed by atoms with van der Waals surface area (Å²) in [5.74, 6) is 1.45. The van der Waals surface area contributed by atoms with Crippen molar-refractivity contribution in [3.63, 3.8) is 0 Å². The van der Waals surface area contributed by atoms with Gasteiger partial charge in [0.25, 0.3) is 0 Å². The van der Waals surface area contributed by atoms with Crippen molar-refractivity contribution < 1.29 is 4.74 Å². The summed E-state index contributed by atoms with van der Waals surface area (Å²) in [7, 11) is 0. The molecule has 0 saturated carbocycles. The Balaban J connectivity index is 1.93. The van der Waals surface area contributed by atoms with E-state index in [1.165, 1.54) is 4.88 Å². The molecular formula is C18H27N5OS. The molecule has 0 spiro atoms. The van der Waals surface area contributed by atoms with E-state index in [-0.39, 0.29) is 0 Å². The third-order valence-corrected chi connectivity index (χ3v) is 4.50. The molecule has 2 aromatic rings. The molecule has 2 N–H and O–H groups in total. The van der Waals surface area contributed by atoms with E-state index in [0.29, 0.717) is 19.0 Å². The van der Waals surface area contributed by atoms with Crippen molar-refractivity contribution in [3.8, 4) is 5.88 Å². The average Bonchev–Trinajstić information content (AvgIpc) is 2.94. The van der Waals surface area contributed by atoms with Crippen molar-refractivity contribution in [1.29, 1.82) is 0 Å². The lowest BCUT2D eigenvalue weighted by Gasteiger charge is -2.11. The molecule has 0 aliphatic carbocycles. The number of aliphatic imine (C=N–C) groups is 1. The maximum absolute atomic E-state index is 5.50. The fraction of sp³-hybridized carbons (Fsp3) is 0.500. The van der Waals surface area contributed by atoms with Crippen molar-refractivity contribution in [2.24, 2.45) is 4.99 Å². The minimum atomic E-state index is 0.567. The van der Waals surface area contributed by atoms with Gasteiger partial charge >= 0.3 is 0 Å². The summed E-state index contributed by atoms with van der Waals surface area (Å²) in [6.07, 6.45) is 2.79. The minimum absolute atomic E-state index is 0.567. The number of guanidine groups is 1. The summed E-state index contributed by atoms with van der Waals surface area (Å²) in [5, 5.41) is 7.72. The second kappa shape index (κ2) is 9.98. The Bertz CT molecular complexity index is 681. The van der Waals surface area contributed by atoms with E-state index in [2.05, 4.69) is 39.4 Å². The molecule has 0 bridgehead atoms. The monoisotopic (exact) mass is 361 g/mol. The second-order valence-corrected chi connectivity index (χ2v) is 6.93. The fourth-order valence-corrected chi connectivity index (χ4v) is 3.09. The molecule has 0 unspecified atom stereocenters. The van der Waals surface area contributed by atoms with Gasteiger partial charge in [-0.1, -0.05) is 13.0 Å². The summed E-state index contributed by atoms with van der Waals surface area (Å²) in [4.78, 5) is 14.6. The molecule has 0 aliphatic rings. The highest BCUT2D eigenvalue weighted by Crippen LogP contribution is 2.16. The molecule has 0 saturated heterocycles. The number of ether oxygens (including phenoxy) is 1. The van der Waals surface area contributed by atoms with E-state index in [4.69, 9.17) is 4.74 Å². The fourth-order valence-electron chi connectivity index (χ4n) is 2.21. The van der Waals surface area contributed by atoms with Crippen molar-refractivity contribution in [3.05, 3.63) is 39.5 Å². The Morgan fingerprint density at radius 3 is 2.68 bits per heavy atom.